The summed E-state index contributed by atoms with van der Waals surface area (Å²) in [5.41, 5.74) is 3.81. The quantitative estimate of drug-likeness (QED) is 0.279. The molecule has 30 heavy (non-hydrogen) atoms. The van der Waals surface area contributed by atoms with Gasteiger partial charge in [-0.3, -0.25) is 10.1 Å². The second-order valence-corrected chi connectivity index (χ2v) is 8.07. The predicted octanol–water partition coefficient (Wildman–Crippen LogP) is 6.12. The fraction of sp³-hybridized carbons (Fsp3) is 0.174. The Morgan fingerprint density at radius 2 is 1.93 bits per heavy atom. The highest BCUT2D eigenvalue weighted by Crippen LogP contribution is 2.26. The first-order valence-corrected chi connectivity index (χ1v) is 10.5. The van der Waals surface area contributed by atoms with E-state index < -0.39 is 0 Å². The van der Waals surface area contributed by atoms with E-state index >= 15 is 0 Å². The average molecular weight is 420 g/mol. The van der Waals surface area contributed by atoms with Crippen LogP contribution in [0.25, 0.3) is 11.3 Å². The van der Waals surface area contributed by atoms with Crippen molar-refractivity contribution in [1.29, 1.82) is 0 Å². The largest absolute Gasteiger partial charge is 0.467 e. The normalized spacial score (nSPS) is 11.9. The molecule has 2 heterocycles. The number of rotatable bonds is 6. The minimum Gasteiger partial charge on any atom is -0.467 e. The summed E-state index contributed by atoms with van der Waals surface area (Å²) in [4.78, 5) is 16.5. The van der Waals surface area contributed by atoms with Crippen molar-refractivity contribution in [3.8, 4) is 11.3 Å². The second-order valence-electron chi connectivity index (χ2n) is 7.23. The maximum absolute atomic E-state index is 11.2. The molecule has 0 fully saturated rings. The first kappa shape index (κ1) is 19.8. The number of hydrogen-bond donors (Lipinski definition) is 0. The third-order valence-electron chi connectivity index (χ3n) is 4.83. The molecule has 0 saturated heterocycles. The van der Waals surface area contributed by atoms with Gasteiger partial charge < -0.3 is 8.98 Å². The molecule has 0 bridgehead atoms. The van der Waals surface area contributed by atoms with Crippen LogP contribution >= 0.6 is 11.3 Å². The summed E-state index contributed by atoms with van der Waals surface area (Å²) in [6.45, 7) is 4.81. The Hall–Kier alpha value is -3.45. The lowest BCUT2D eigenvalue weighted by molar-refractivity contribution is -0.384. The van der Waals surface area contributed by atoms with E-state index in [9.17, 15) is 10.1 Å². The number of thiazole rings is 1. The molecule has 7 heteroatoms. The van der Waals surface area contributed by atoms with E-state index in [1.165, 1.54) is 23.0 Å². The molecule has 4 aromatic rings. The van der Waals surface area contributed by atoms with Gasteiger partial charge in [-0.2, -0.15) is 0 Å². The van der Waals surface area contributed by atoms with Crippen LogP contribution in [-0.2, 0) is 6.54 Å². The zero-order valence-electron chi connectivity index (χ0n) is 16.7. The SMILES string of the molecule is CC(C)c1ccc(N=c2scc(-c3cccc([N+](=O)[O-])c3)n2Cc2ccco2)cc1. The van der Waals surface area contributed by atoms with Gasteiger partial charge in [0, 0.05) is 23.1 Å². The summed E-state index contributed by atoms with van der Waals surface area (Å²) in [5, 5.41) is 13.2. The van der Waals surface area contributed by atoms with E-state index in [-0.39, 0.29) is 10.6 Å². The molecule has 2 aromatic carbocycles. The Kier molecular flexibility index (Phi) is 5.63. The van der Waals surface area contributed by atoms with Crippen LogP contribution < -0.4 is 4.80 Å². The first-order chi connectivity index (χ1) is 14.5. The fourth-order valence-electron chi connectivity index (χ4n) is 3.18. The second kappa shape index (κ2) is 8.51. The Morgan fingerprint density at radius 1 is 1.13 bits per heavy atom. The summed E-state index contributed by atoms with van der Waals surface area (Å²) in [6, 6.07) is 18.6. The minimum atomic E-state index is -0.381. The van der Waals surface area contributed by atoms with Gasteiger partial charge in [-0.1, -0.05) is 38.1 Å². The predicted molar refractivity (Wildman–Crippen MR) is 118 cm³/mol. The van der Waals surface area contributed by atoms with Crippen molar-refractivity contribution < 1.29 is 9.34 Å². The van der Waals surface area contributed by atoms with E-state index in [1.54, 1.807) is 18.4 Å². The highest BCUT2D eigenvalue weighted by molar-refractivity contribution is 7.07. The maximum atomic E-state index is 11.2. The first-order valence-electron chi connectivity index (χ1n) is 9.61. The van der Waals surface area contributed by atoms with Gasteiger partial charge >= 0.3 is 0 Å². The third-order valence-corrected chi connectivity index (χ3v) is 5.69. The molecule has 152 valence electrons. The standard InChI is InChI=1S/C23H21N3O3S/c1-16(2)17-8-10-19(11-9-17)24-23-25(14-21-7-4-12-29-21)22(15-30-23)18-5-3-6-20(13-18)26(27)28/h3-13,15-16H,14H2,1-2H3. The van der Waals surface area contributed by atoms with Gasteiger partial charge in [0.1, 0.15) is 5.76 Å². The van der Waals surface area contributed by atoms with Gasteiger partial charge in [0.25, 0.3) is 5.69 Å². The van der Waals surface area contributed by atoms with E-state index in [2.05, 4.69) is 26.0 Å². The Balaban J connectivity index is 1.81. The molecule has 0 atom stereocenters. The zero-order valence-corrected chi connectivity index (χ0v) is 17.5. The lowest BCUT2D eigenvalue weighted by Crippen LogP contribution is -2.16. The van der Waals surface area contributed by atoms with Gasteiger partial charge in [-0.25, -0.2) is 4.99 Å². The van der Waals surface area contributed by atoms with Crippen LogP contribution in [0.2, 0.25) is 0 Å². The maximum Gasteiger partial charge on any atom is 0.270 e. The van der Waals surface area contributed by atoms with Crippen LogP contribution in [0, 0.1) is 10.1 Å². The minimum absolute atomic E-state index is 0.0611. The van der Waals surface area contributed by atoms with Crippen molar-refractivity contribution in [3.63, 3.8) is 0 Å². The molecule has 0 spiro atoms. The number of nitro groups is 1. The molecular formula is C23H21N3O3S. The number of furan rings is 1. The molecule has 0 N–H and O–H groups in total. The molecule has 4 rings (SSSR count). The number of hydrogen-bond acceptors (Lipinski definition) is 5. The number of aromatic nitrogens is 1. The Labute approximate surface area is 177 Å². The van der Waals surface area contributed by atoms with Gasteiger partial charge in [0.2, 0.25) is 0 Å². The summed E-state index contributed by atoms with van der Waals surface area (Å²) in [5.74, 6) is 1.25. The molecule has 0 aliphatic carbocycles. The van der Waals surface area contributed by atoms with E-state index in [0.717, 1.165) is 27.5 Å². The number of benzene rings is 2. The van der Waals surface area contributed by atoms with E-state index in [0.29, 0.717) is 12.5 Å². The summed E-state index contributed by atoms with van der Waals surface area (Å²) < 4.78 is 7.57. The van der Waals surface area contributed by atoms with Gasteiger partial charge in [-0.15, -0.1) is 11.3 Å². The fourth-order valence-corrected chi connectivity index (χ4v) is 4.11. The number of non-ortho nitro benzene ring substituents is 1. The monoisotopic (exact) mass is 419 g/mol. The molecular weight excluding hydrogens is 398 g/mol. The lowest BCUT2D eigenvalue weighted by atomic mass is 10.0. The number of nitro benzene ring substituents is 1. The Morgan fingerprint density at radius 3 is 2.60 bits per heavy atom. The highest BCUT2D eigenvalue weighted by atomic mass is 32.1. The van der Waals surface area contributed by atoms with Crippen LogP contribution in [0.5, 0.6) is 0 Å². The van der Waals surface area contributed by atoms with Crippen molar-refractivity contribution in [2.45, 2.75) is 26.3 Å². The molecule has 0 amide bonds. The average Bonchev–Trinajstić information content (AvgIpc) is 3.39. The molecule has 0 aliphatic heterocycles. The summed E-state index contributed by atoms with van der Waals surface area (Å²) in [6.07, 6.45) is 1.64. The third kappa shape index (κ3) is 4.26. The molecule has 0 radical (unpaired) electrons. The summed E-state index contributed by atoms with van der Waals surface area (Å²) in [7, 11) is 0. The van der Waals surface area contributed by atoms with Crippen molar-refractivity contribution >= 4 is 22.7 Å². The smallest absolute Gasteiger partial charge is 0.270 e. The van der Waals surface area contributed by atoms with Gasteiger partial charge in [0.15, 0.2) is 4.80 Å². The molecule has 2 aromatic heterocycles. The van der Waals surface area contributed by atoms with Crippen molar-refractivity contribution in [2.75, 3.05) is 0 Å². The summed E-state index contributed by atoms with van der Waals surface area (Å²) >= 11 is 1.50. The van der Waals surface area contributed by atoms with Gasteiger partial charge in [-0.05, 0) is 35.7 Å². The Bertz CT molecular complexity index is 1220. The van der Waals surface area contributed by atoms with E-state index in [1.807, 2.05) is 40.3 Å². The van der Waals surface area contributed by atoms with E-state index in [4.69, 9.17) is 9.41 Å². The van der Waals surface area contributed by atoms with Crippen molar-refractivity contribution in [1.82, 2.24) is 4.57 Å². The van der Waals surface area contributed by atoms with Crippen LogP contribution in [0.3, 0.4) is 0 Å². The number of nitrogens with zero attached hydrogens (tertiary/aromatic N) is 3. The molecule has 0 unspecified atom stereocenters. The van der Waals surface area contributed by atoms with Crippen LogP contribution in [0.1, 0.15) is 31.1 Å². The lowest BCUT2D eigenvalue weighted by Gasteiger charge is -2.08. The van der Waals surface area contributed by atoms with Crippen LogP contribution in [0.4, 0.5) is 11.4 Å². The molecule has 6 nitrogen and oxygen atoms in total. The van der Waals surface area contributed by atoms with Crippen LogP contribution in [-0.4, -0.2) is 9.49 Å². The molecule has 0 saturated carbocycles. The highest BCUT2D eigenvalue weighted by Gasteiger charge is 2.13. The van der Waals surface area contributed by atoms with Crippen molar-refractivity contribution in [2.24, 2.45) is 4.99 Å². The molecule has 0 aliphatic rings. The zero-order chi connectivity index (χ0) is 21.1. The van der Waals surface area contributed by atoms with Crippen LogP contribution in [0.15, 0.2) is 81.7 Å². The van der Waals surface area contributed by atoms with Gasteiger partial charge in [0.05, 0.1) is 29.1 Å². The topological polar surface area (TPSA) is 73.6 Å². The van der Waals surface area contributed by atoms with Crippen molar-refractivity contribution in [3.05, 3.63) is 98.5 Å².